The minimum Gasteiger partial charge on any atom is -0.480 e. The lowest BCUT2D eigenvalue weighted by atomic mass is 10.1. The van der Waals surface area contributed by atoms with Gasteiger partial charge in [-0.3, -0.25) is 14.5 Å². The maximum absolute atomic E-state index is 12.7. The fourth-order valence-corrected chi connectivity index (χ4v) is 3.36. The fourth-order valence-electron chi connectivity index (χ4n) is 3.36. The van der Waals surface area contributed by atoms with Crippen LogP contribution in [0.4, 0.5) is 13.2 Å². The SMILES string of the molecule is O=C(O)C1CCCN1CC(=O)N(Cc1ccc(C(F)(F)F)cc1)C1CC1. The highest BCUT2D eigenvalue weighted by atomic mass is 19.4. The Balaban J connectivity index is 1.66. The van der Waals surface area contributed by atoms with Crippen LogP contribution in [-0.4, -0.2) is 52.0 Å². The largest absolute Gasteiger partial charge is 0.480 e. The Morgan fingerprint density at radius 3 is 2.35 bits per heavy atom. The van der Waals surface area contributed by atoms with Gasteiger partial charge in [0.2, 0.25) is 5.91 Å². The molecule has 0 aromatic heterocycles. The first-order valence-electron chi connectivity index (χ1n) is 8.68. The molecule has 1 saturated heterocycles. The van der Waals surface area contributed by atoms with Gasteiger partial charge in [0, 0.05) is 12.6 Å². The predicted octanol–water partition coefficient (Wildman–Crippen LogP) is 2.75. The van der Waals surface area contributed by atoms with Gasteiger partial charge < -0.3 is 10.0 Å². The molecular formula is C18H21F3N2O3. The summed E-state index contributed by atoms with van der Waals surface area (Å²) in [6, 6.07) is 4.28. The number of carbonyl (C=O) groups excluding carboxylic acids is 1. The first kappa shape index (κ1) is 18.7. The molecule has 5 nitrogen and oxygen atoms in total. The Labute approximate surface area is 149 Å². The van der Waals surface area contributed by atoms with Crippen LogP contribution >= 0.6 is 0 Å². The Hall–Kier alpha value is -2.09. The Morgan fingerprint density at radius 1 is 1.15 bits per heavy atom. The lowest BCUT2D eigenvalue weighted by molar-refractivity contribution is -0.143. The van der Waals surface area contributed by atoms with Crippen LogP contribution in [0.2, 0.25) is 0 Å². The molecule has 1 heterocycles. The zero-order chi connectivity index (χ0) is 18.9. The minimum absolute atomic E-state index is 0.0358. The zero-order valence-electron chi connectivity index (χ0n) is 14.2. The standard InChI is InChI=1S/C18H21F3N2O3/c19-18(20,21)13-5-3-12(4-6-13)10-23(14-7-8-14)16(24)11-22-9-1-2-15(22)17(25)26/h3-6,14-15H,1-2,7-11H2,(H,25,26). The topological polar surface area (TPSA) is 60.9 Å². The van der Waals surface area contributed by atoms with Crippen molar-refractivity contribution in [2.75, 3.05) is 13.1 Å². The molecule has 0 radical (unpaired) electrons. The molecule has 1 amide bonds. The zero-order valence-corrected chi connectivity index (χ0v) is 14.2. The van der Waals surface area contributed by atoms with Gasteiger partial charge in [-0.2, -0.15) is 13.2 Å². The third-order valence-corrected chi connectivity index (χ3v) is 4.93. The number of carboxylic acid groups (broad SMARTS) is 1. The highest BCUT2D eigenvalue weighted by molar-refractivity contribution is 5.81. The summed E-state index contributed by atoms with van der Waals surface area (Å²) >= 11 is 0. The van der Waals surface area contributed by atoms with Gasteiger partial charge >= 0.3 is 12.1 Å². The molecule has 2 fully saturated rings. The van der Waals surface area contributed by atoms with Crippen LogP contribution in [0.15, 0.2) is 24.3 Å². The van der Waals surface area contributed by atoms with E-state index in [1.165, 1.54) is 12.1 Å². The van der Waals surface area contributed by atoms with Crippen molar-refractivity contribution in [3.05, 3.63) is 35.4 Å². The van der Waals surface area contributed by atoms with Crippen molar-refractivity contribution >= 4 is 11.9 Å². The molecule has 0 bridgehead atoms. The normalized spacial score (nSPS) is 21.0. The molecule has 1 N–H and O–H groups in total. The molecule has 8 heteroatoms. The molecule has 26 heavy (non-hydrogen) atoms. The third-order valence-electron chi connectivity index (χ3n) is 4.93. The second-order valence-corrected chi connectivity index (χ2v) is 6.91. The van der Waals surface area contributed by atoms with Gasteiger partial charge in [0.15, 0.2) is 0 Å². The van der Waals surface area contributed by atoms with Crippen molar-refractivity contribution in [2.45, 2.75) is 50.5 Å². The van der Waals surface area contributed by atoms with Gasteiger partial charge in [-0.25, -0.2) is 0 Å². The number of carbonyl (C=O) groups is 2. The van der Waals surface area contributed by atoms with Crippen LogP contribution in [0.25, 0.3) is 0 Å². The van der Waals surface area contributed by atoms with Gasteiger partial charge in [0.25, 0.3) is 0 Å². The summed E-state index contributed by atoms with van der Waals surface area (Å²) in [4.78, 5) is 27.3. The first-order chi connectivity index (χ1) is 12.3. The van der Waals surface area contributed by atoms with Gasteiger partial charge in [-0.1, -0.05) is 12.1 Å². The molecule has 2 aliphatic rings. The van der Waals surface area contributed by atoms with E-state index in [0.717, 1.165) is 31.4 Å². The lowest BCUT2D eigenvalue weighted by Crippen LogP contribution is -2.45. The number of hydrogen-bond acceptors (Lipinski definition) is 3. The molecule has 1 aromatic carbocycles. The van der Waals surface area contributed by atoms with Crippen LogP contribution in [0.1, 0.15) is 36.8 Å². The second-order valence-electron chi connectivity index (χ2n) is 6.91. The smallest absolute Gasteiger partial charge is 0.416 e. The van der Waals surface area contributed by atoms with Crippen molar-refractivity contribution in [2.24, 2.45) is 0 Å². The van der Waals surface area contributed by atoms with Crippen molar-refractivity contribution < 1.29 is 27.9 Å². The highest BCUT2D eigenvalue weighted by Gasteiger charge is 2.37. The molecule has 1 atom stereocenters. The van der Waals surface area contributed by atoms with E-state index in [-0.39, 0.29) is 25.0 Å². The molecule has 1 aromatic rings. The van der Waals surface area contributed by atoms with Crippen molar-refractivity contribution in [3.8, 4) is 0 Å². The number of rotatable bonds is 6. The third kappa shape index (κ3) is 4.35. The van der Waals surface area contributed by atoms with E-state index in [1.54, 1.807) is 9.80 Å². The molecule has 0 spiro atoms. The minimum atomic E-state index is -4.38. The second kappa shape index (κ2) is 7.26. The van der Waals surface area contributed by atoms with E-state index in [4.69, 9.17) is 0 Å². The number of amides is 1. The summed E-state index contributed by atoms with van der Waals surface area (Å²) in [5, 5.41) is 9.23. The molecule has 142 valence electrons. The molecule has 1 aliphatic heterocycles. The fraction of sp³-hybridized carbons (Fsp3) is 0.556. The summed E-state index contributed by atoms with van der Waals surface area (Å²) in [6.07, 6.45) is -1.37. The Kier molecular flexibility index (Phi) is 5.22. The van der Waals surface area contributed by atoms with Crippen LogP contribution < -0.4 is 0 Å². The van der Waals surface area contributed by atoms with E-state index in [1.807, 2.05) is 0 Å². The molecular weight excluding hydrogens is 349 g/mol. The number of likely N-dealkylation sites (tertiary alicyclic amines) is 1. The highest BCUT2D eigenvalue weighted by Crippen LogP contribution is 2.31. The molecule has 3 rings (SSSR count). The molecule has 1 aliphatic carbocycles. The van der Waals surface area contributed by atoms with E-state index in [9.17, 15) is 27.9 Å². The maximum atomic E-state index is 12.7. The maximum Gasteiger partial charge on any atom is 0.416 e. The number of halogens is 3. The number of nitrogens with zero attached hydrogens (tertiary/aromatic N) is 2. The van der Waals surface area contributed by atoms with E-state index in [0.29, 0.717) is 18.5 Å². The number of alkyl halides is 3. The van der Waals surface area contributed by atoms with Gasteiger partial charge in [-0.05, 0) is 49.9 Å². The molecule has 1 unspecified atom stereocenters. The van der Waals surface area contributed by atoms with Crippen LogP contribution in [0, 0.1) is 0 Å². The average molecular weight is 370 g/mol. The quantitative estimate of drug-likeness (QED) is 0.837. The summed E-state index contributed by atoms with van der Waals surface area (Å²) < 4.78 is 38.0. The number of carboxylic acids is 1. The van der Waals surface area contributed by atoms with Crippen molar-refractivity contribution in [1.82, 2.24) is 9.80 Å². The van der Waals surface area contributed by atoms with Gasteiger partial charge in [0.1, 0.15) is 6.04 Å². The summed E-state index contributed by atoms with van der Waals surface area (Å²) in [5.41, 5.74) is -0.0821. The molecule has 1 saturated carbocycles. The van der Waals surface area contributed by atoms with Gasteiger partial charge in [-0.15, -0.1) is 0 Å². The van der Waals surface area contributed by atoms with Crippen molar-refractivity contribution in [3.63, 3.8) is 0 Å². The number of hydrogen-bond donors (Lipinski definition) is 1. The van der Waals surface area contributed by atoms with Crippen molar-refractivity contribution in [1.29, 1.82) is 0 Å². The summed E-state index contributed by atoms with van der Waals surface area (Å²) in [6.45, 7) is 0.850. The number of benzene rings is 1. The monoisotopic (exact) mass is 370 g/mol. The van der Waals surface area contributed by atoms with E-state index in [2.05, 4.69) is 0 Å². The van der Waals surface area contributed by atoms with E-state index >= 15 is 0 Å². The Morgan fingerprint density at radius 2 is 1.81 bits per heavy atom. The van der Waals surface area contributed by atoms with Crippen LogP contribution in [-0.2, 0) is 22.3 Å². The number of aliphatic carboxylic acids is 1. The summed E-state index contributed by atoms with van der Waals surface area (Å²) in [5.74, 6) is -1.09. The first-order valence-corrected chi connectivity index (χ1v) is 8.68. The average Bonchev–Trinajstić information content (AvgIpc) is 3.30. The lowest BCUT2D eigenvalue weighted by Gasteiger charge is -2.27. The predicted molar refractivity (Wildman–Crippen MR) is 87.2 cm³/mol. The van der Waals surface area contributed by atoms with Gasteiger partial charge in [0.05, 0.1) is 12.1 Å². The van der Waals surface area contributed by atoms with E-state index < -0.39 is 23.8 Å². The van der Waals surface area contributed by atoms with Crippen LogP contribution in [0.5, 0.6) is 0 Å². The van der Waals surface area contributed by atoms with Crippen LogP contribution in [0.3, 0.4) is 0 Å². The Bertz CT molecular complexity index is 671. The summed E-state index contributed by atoms with van der Waals surface area (Å²) in [7, 11) is 0.